The molecule has 3 aromatic rings. The zero-order valence-electron chi connectivity index (χ0n) is 16.2. The van der Waals surface area contributed by atoms with Crippen molar-refractivity contribution in [3.8, 4) is 5.75 Å². The Bertz CT molecular complexity index is 1210. The number of pyridine rings is 1. The van der Waals surface area contributed by atoms with E-state index in [-0.39, 0.29) is 12.1 Å². The van der Waals surface area contributed by atoms with Gasteiger partial charge in [0.05, 0.1) is 12.6 Å². The van der Waals surface area contributed by atoms with Gasteiger partial charge in [0.2, 0.25) is 0 Å². The van der Waals surface area contributed by atoms with Gasteiger partial charge in [-0.15, -0.1) is 0 Å². The number of hydrogen-bond acceptors (Lipinski definition) is 5. The number of ether oxygens (including phenoxy) is 1. The van der Waals surface area contributed by atoms with Crippen LogP contribution in [-0.4, -0.2) is 32.3 Å². The van der Waals surface area contributed by atoms with Gasteiger partial charge in [-0.05, 0) is 60.0 Å². The number of hydrogen-bond donors (Lipinski definition) is 1. The molecule has 0 atom stereocenters. The van der Waals surface area contributed by atoms with Gasteiger partial charge in [0.25, 0.3) is 5.56 Å². The number of aliphatic carboxylic acids is 1. The Morgan fingerprint density at radius 2 is 1.90 bits per heavy atom. The lowest BCUT2D eigenvalue weighted by atomic mass is 10.1. The van der Waals surface area contributed by atoms with Crippen LogP contribution in [0.15, 0.2) is 50.6 Å². The summed E-state index contributed by atoms with van der Waals surface area (Å²) in [5.41, 5.74) is -1.93. The van der Waals surface area contributed by atoms with E-state index >= 15 is 0 Å². The summed E-state index contributed by atoms with van der Waals surface area (Å²) in [6, 6.07) is 10.7. The highest BCUT2D eigenvalue weighted by Crippen LogP contribution is 2.20. The number of carboxylic acids is 1. The maximum atomic E-state index is 13.2. The molecule has 0 aliphatic heterocycles. The second kappa shape index (κ2) is 7.82. The summed E-state index contributed by atoms with van der Waals surface area (Å²) in [5.74, 6) is -0.604. The van der Waals surface area contributed by atoms with Gasteiger partial charge in [-0.1, -0.05) is 18.2 Å². The quantitative estimate of drug-likeness (QED) is 0.565. The van der Waals surface area contributed by atoms with E-state index < -0.39 is 22.8 Å². The van der Waals surface area contributed by atoms with Crippen molar-refractivity contribution in [2.24, 2.45) is 0 Å². The van der Waals surface area contributed by atoms with Crippen molar-refractivity contribution in [2.75, 3.05) is 7.11 Å². The molecule has 0 bridgehead atoms. The van der Waals surface area contributed by atoms with Crippen LogP contribution < -0.4 is 16.0 Å². The molecule has 8 nitrogen and oxygen atoms in total. The fourth-order valence-corrected chi connectivity index (χ4v) is 3.48. The largest absolute Gasteiger partial charge is 0.496 e. The lowest BCUT2D eigenvalue weighted by Crippen LogP contribution is -2.52. The molecular weight excluding hydrogens is 442 g/mol. The summed E-state index contributed by atoms with van der Waals surface area (Å²) < 4.78 is 7.90. The predicted octanol–water partition coefficient (Wildman–Crippen LogP) is 2.39. The number of para-hydroxylation sites is 1. The summed E-state index contributed by atoms with van der Waals surface area (Å²) in [4.78, 5) is 42.1. The number of fused-ring (bicyclic) bond motifs is 1. The Morgan fingerprint density at radius 1 is 1.21 bits per heavy atom. The number of carboxylic acid groups (broad SMARTS) is 1. The van der Waals surface area contributed by atoms with Gasteiger partial charge < -0.3 is 9.84 Å². The van der Waals surface area contributed by atoms with Crippen LogP contribution in [0.25, 0.3) is 11.0 Å². The molecule has 0 spiro atoms. The lowest BCUT2D eigenvalue weighted by molar-refractivity contribution is -0.146. The van der Waals surface area contributed by atoms with Crippen molar-refractivity contribution >= 4 is 32.9 Å². The standard InChI is InChI=1S/C20H20BrN3O5/c1-20(2,18(26)27)24-17(25)16-13(8-9-15(21)22-16)23(19(24)28)11-10-12-6-4-5-7-14(12)29-3/h4-9H,10-11H2,1-3H3,(H,26,27). The summed E-state index contributed by atoms with van der Waals surface area (Å²) in [6.45, 7) is 2.84. The summed E-state index contributed by atoms with van der Waals surface area (Å²) >= 11 is 3.23. The van der Waals surface area contributed by atoms with Crippen molar-refractivity contribution in [3.05, 3.63) is 67.4 Å². The van der Waals surface area contributed by atoms with Crippen LogP contribution in [0, 0.1) is 0 Å². The third-order valence-electron chi connectivity index (χ3n) is 4.84. The number of methoxy groups -OCH3 is 1. The number of aryl methyl sites for hydroxylation is 2. The molecule has 0 unspecified atom stereocenters. The number of benzene rings is 1. The van der Waals surface area contributed by atoms with E-state index in [2.05, 4.69) is 20.9 Å². The highest BCUT2D eigenvalue weighted by atomic mass is 79.9. The highest BCUT2D eigenvalue weighted by molar-refractivity contribution is 9.10. The number of halogens is 1. The van der Waals surface area contributed by atoms with Crippen LogP contribution in [-0.2, 0) is 23.3 Å². The van der Waals surface area contributed by atoms with Gasteiger partial charge in [-0.2, -0.15) is 0 Å². The van der Waals surface area contributed by atoms with Gasteiger partial charge >= 0.3 is 11.7 Å². The van der Waals surface area contributed by atoms with Crippen LogP contribution in [0.2, 0.25) is 0 Å². The molecule has 0 aliphatic rings. The van der Waals surface area contributed by atoms with E-state index in [4.69, 9.17) is 4.74 Å². The first-order chi connectivity index (χ1) is 13.7. The average Bonchev–Trinajstić information content (AvgIpc) is 2.68. The summed E-state index contributed by atoms with van der Waals surface area (Å²) in [6.07, 6.45) is 0.445. The van der Waals surface area contributed by atoms with Crippen molar-refractivity contribution in [1.82, 2.24) is 14.1 Å². The Hall–Kier alpha value is -2.94. The van der Waals surface area contributed by atoms with Crippen LogP contribution in [0.3, 0.4) is 0 Å². The van der Waals surface area contributed by atoms with Crippen molar-refractivity contribution < 1.29 is 14.6 Å². The van der Waals surface area contributed by atoms with Crippen molar-refractivity contribution in [3.63, 3.8) is 0 Å². The minimum Gasteiger partial charge on any atom is -0.496 e. The first-order valence-corrected chi connectivity index (χ1v) is 9.65. The first-order valence-electron chi connectivity index (χ1n) is 8.86. The Balaban J connectivity index is 2.24. The first kappa shape index (κ1) is 20.8. The van der Waals surface area contributed by atoms with Gasteiger partial charge in [0.15, 0.2) is 5.52 Å². The third-order valence-corrected chi connectivity index (χ3v) is 5.28. The lowest BCUT2D eigenvalue weighted by Gasteiger charge is -2.23. The maximum Gasteiger partial charge on any atom is 0.332 e. The van der Waals surface area contributed by atoms with Gasteiger partial charge in [0.1, 0.15) is 15.9 Å². The molecule has 1 aromatic carbocycles. The fourth-order valence-electron chi connectivity index (χ4n) is 3.17. The molecular formula is C20H20BrN3O5. The topological polar surface area (TPSA) is 103 Å². The third kappa shape index (κ3) is 3.69. The fraction of sp³-hybridized carbons (Fsp3) is 0.300. The number of carbonyl (C=O) groups is 1. The molecule has 2 aromatic heterocycles. The molecule has 0 amide bonds. The molecule has 0 radical (unpaired) electrons. The molecule has 152 valence electrons. The van der Waals surface area contributed by atoms with Crippen LogP contribution >= 0.6 is 15.9 Å². The molecule has 0 saturated carbocycles. The van der Waals surface area contributed by atoms with E-state index in [1.165, 1.54) is 18.4 Å². The molecule has 2 heterocycles. The van der Waals surface area contributed by atoms with Crippen molar-refractivity contribution in [1.29, 1.82) is 0 Å². The van der Waals surface area contributed by atoms with Crippen LogP contribution in [0.4, 0.5) is 0 Å². The van der Waals surface area contributed by atoms with Crippen molar-refractivity contribution in [2.45, 2.75) is 32.4 Å². The number of nitrogens with zero attached hydrogens (tertiary/aromatic N) is 3. The van der Waals surface area contributed by atoms with Gasteiger partial charge in [-0.3, -0.25) is 9.36 Å². The SMILES string of the molecule is COc1ccccc1CCn1c(=O)n(C(C)(C)C(=O)O)c(=O)c2nc(Br)ccc21. The van der Waals surface area contributed by atoms with Crippen LogP contribution in [0.1, 0.15) is 19.4 Å². The second-order valence-electron chi connectivity index (χ2n) is 7.00. The van der Waals surface area contributed by atoms with Gasteiger partial charge in [0, 0.05) is 6.54 Å². The molecule has 1 N–H and O–H groups in total. The normalized spacial score (nSPS) is 11.6. The molecule has 0 fully saturated rings. The molecule has 3 rings (SSSR count). The van der Waals surface area contributed by atoms with E-state index in [1.54, 1.807) is 19.2 Å². The number of rotatable bonds is 6. The van der Waals surface area contributed by atoms with E-state index in [1.807, 2.05) is 24.3 Å². The smallest absolute Gasteiger partial charge is 0.332 e. The Morgan fingerprint density at radius 3 is 2.55 bits per heavy atom. The zero-order chi connectivity index (χ0) is 21.3. The van der Waals surface area contributed by atoms with Gasteiger partial charge in [-0.25, -0.2) is 19.1 Å². The monoisotopic (exact) mass is 461 g/mol. The highest BCUT2D eigenvalue weighted by Gasteiger charge is 2.34. The molecule has 0 saturated heterocycles. The minimum absolute atomic E-state index is 0.0216. The summed E-state index contributed by atoms with van der Waals surface area (Å²) in [5, 5.41) is 9.58. The molecule has 9 heteroatoms. The molecule has 29 heavy (non-hydrogen) atoms. The zero-order valence-corrected chi connectivity index (χ0v) is 17.8. The molecule has 0 aliphatic carbocycles. The van der Waals surface area contributed by atoms with E-state index in [0.717, 1.165) is 10.1 Å². The van der Waals surface area contributed by atoms with Crippen LogP contribution in [0.5, 0.6) is 5.75 Å². The maximum absolute atomic E-state index is 13.2. The Labute approximate surface area is 174 Å². The Kier molecular flexibility index (Phi) is 5.61. The number of aromatic nitrogens is 3. The second-order valence-corrected chi connectivity index (χ2v) is 7.81. The minimum atomic E-state index is -1.74. The van der Waals surface area contributed by atoms with E-state index in [0.29, 0.717) is 22.3 Å². The summed E-state index contributed by atoms with van der Waals surface area (Å²) in [7, 11) is 1.57. The predicted molar refractivity (Wildman–Crippen MR) is 112 cm³/mol. The van der Waals surface area contributed by atoms with E-state index in [9.17, 15) is 19.5 Å². The average molecular weight is 462 g/mol.